The Balaban J connectivity index is 2.15. The van der Waals surface area contributed by atoms with Crippen LogP contribution in [0.4, 0.5) is 5.69 Å². The summed E-state index contributed by atoms with van der Waals surface area (Å²) in [6.07, 6.45) is 0.0121. The lowest BCUT2D eigenvalue weighted by atomic mass is 10.2. The van der Waals surface area contributed by atoms with E-state index < -0.39 is 27.2 Å². The summed E-state index contributed by atoms with van der Waals surface area (Å²) in [5.41, 5.74) is 0.0873. The molecule has 2 aromatic rings. The molecular weight excluding hydrogens is 380 g/mol. The van der Waals surface area contributed by atoms with Crippen molar-refractivity contribution in [1.82, 2.24) is 4.57 Å². The zero-order valence-corrected chi connectivity index (χ0v) is 17.4. The molecule has 0 amide bonds. The van der Waals surface area contributed by atoms with Gasteiger partial charge in [0.05, 0.1) is 12.2 Å². The summed E-state index contributed by atoms with van der Waals surface area (Å²) in [6, 6.07) is 11.8. The number of benzene rings is 1. The number of hydrogen-bond donors (Lipinski definition) is 1. The van der Waals surface area contributed by atoms with E-state index in [9.17, 15) is 18.0 Å². The van der Waals surface area contributed by atoms with Gasteiger partial charge in [-0.2, -0.15) is 0 Å². The standard InChI is InChI=1S/C20H26N2O5S/c1-15-10-11-17(21-28(25,26)14-16-8-6-5-7-9-16)19(24)22(15)13-12-18(23)27-20(2,3)4/h5-11,21H,12-14H2,1-4H3. The van der Waals surface area contributed by atoms with E-state index in [2.05, 4.69) is 4.72 Å². The van der Waals surface area contributed by atoms with Gasteiger partial charge in [0.2, 0.25) is 10.0 Å². The molecule has 8 heteroatoms. The molecule has 28 heavy (non-hydrogen) atoms. The molecule has 0 aliphatic carbocycles. The molecule has 2 rings (SSSR count). The van der Waals surface area contributed by atoms with Crippen LogP contribution >= 0.6 is 0 Å². The maximum absolute atomic E-state index is 12.7. The lowest BCUT2D eigenvalue weighted by Gasteiger charge is -2.20. The molecule has 7 nitrogen and oxygen atoms in total. The molecule has 0 radical (unpaired) electrons. The van der Waals surface area contributed by atoms with E-state index in [1.165, 1.54) is 10.6 Å². The van der Waals surface area contributed by atoms with Crippen molar-refractivity contribution < 1.29 is 17.9 Å². The van der Waals surface area contributed by atoms with E-state index in [0.717, 1.165) is 0 Å². The fourth-order valence-corrected chi connectivity index (χ4v) is 3.81. The Morgan fingerprint density at radius 2 is 1.75 bits per heavy atom. The molecule has 0 saturated heterocycles. The average molecular weight is 407 g/mol. The van der Waals surface area contributed by atoms with Crippen molar-refractivity contribution in [2.45, 2.75) is 52.0 Å². The number of carbonyl (C=O) groups excluding carboxylic acids is 1. The number of aromatic nitrogens is 1. The van der Waals surface area contributed by atoms with Crippen LogP contribution in [0.15, 0.2) is 47.3 Å². The molecule has 152 valence electrons. The van der Waals surface area contributed by atoms with Gasteiger partial charge in [-0.25, -0.2) is 8.42 Å². The van der Waals surface area contributed by atoms with Crippen molar-refractivity contribution in [3.8, 4) is 0 Å². The molecule has 0 fully saturated rings. The highest BCUT2D eigenvalue weighted by Crippen LogP contribution is 2.12. The first-order valence-electron chi connectivity index (χ1n) is 8.93. The predicted octanol–water partition coefficient (Wildman–Crippen LogP) is 2.83. The van der Waals surface area contributed by atoms with Crippen molar-refractivity contribution in [3.05, 3.63) is 64.1 Å². The Bertz CT molecular complexity index is 989. The summed E-state index contributed by atoms with van der Waals surface area (Å²) in [6.45, 7) is 7.13. The van der Waals surface area contributed by atoms with Crippen LogP contribution in [0.3, 0.4) is 0 Å². The van der Waals surface area contributed by atoms with Crippen LogP contribution in [0.5, 0.6) is 0 Å². The van der Waals surface area contributed by atoms with Crippen LogP contribution in [0.2, 0.25) is 0 Å². The first-order valence-corrected chi connectivity index (χ1v) is 10.6. The molecule has 0 saturated carbocycles. The first-order chi connectivity index (χ1) is 13.0. The third-order valence-corrected chi connectivity index (χ3v) is 5.06. The van der Waals surface area contributed by atoms with Gasteiger partial charge in [-0.05, 0) is 45.4 Å². The zero-order valence-electron chi connectivity index (χ0n) is 16.6. The van der Waals surface area contributed by atoms with E-state index >= 15 is 0 Å². The Kier molecular flexibility index (Phi) is 6.66. The number of sulfonamides is 1. The minimum atomic E-state index is -3.75. The van der Waals surface area contributed by atoms with E-state index in [1.807, 2.05) is 0 Å². The molecule has 0 bridgehead atoms. The van der Waals surface area contributed by atoms with Gasteiger partial charge in [0.25, 0.3) is 5.56 Å². The van der Waals surface area contributed by atoms with Crippen molar-refractivity contribution in [3.63, 3.8) is 0 Å². The summed E-state index contributed by atoms with van der Waals surface area (Å²) in [5, 5.41) is 0. The number of nitrogens with one attached hydrogen (secondary N) is 1. The third kappa shape index (κ3) is 6.53. The second-order valence-corrected chi connectivity index (χ2v) is 9.25. The van der Waals surface area contributed by atoms with Crippen LogP contribution in [-0.2, 0) is 31.9 Å². The molecule has 1 aromatic carbocycles. The average Bonchev–Trinajstić information content (AvgIpc) is 2.56. The van der Waals surface area contributed by atoms with E-state index in [0.29, 0.717) is 11.3 Å². The highest BCUT2D eigenvalue weighted by Gasteiger charge is 2.18. The molecule has 0 unspecified atom stereocenters. The SMILES string of the molecule is Cc1ccc(NS(=O)(=O)Cc2ccccc2)c(=O)n1CCC(=O)OC(C)(C)C. The third-order valence-electron chi connectivity index (χ3n) is 3.82. The second kappa shape index (κ2) is 8.60. The van der Waals surface area contributed by atoms with Crippen molar-refractivity contribution in [2.75, 3.05) is 4.72 Å². The van der Waals surface area contributed by atoms with Gasteiger partial charge in [-0.15, -0.1) is 0 Å². The Hall–Kier alpha value is -2.61. The quantitative estimate of drug-likeness (QED) is 0.714. The Morgan fingerprint density at radius 3 is 2.36 bits per heavy atom. The van der Waals surface area contributed by atoms with Gasteiger partial charge >= 0.3 is 5.97 Å². The van der Waals surface area contributed by atoms with Crippen molar-refractivity contribution in [1.29, 1.82) is 0 Å². The van der Waals surface area contributed by atoms with Crippen LogP contribution in [0.25, 0.3) is 0 Å². The minimum Gasteiger partial charge on any atom is -0.460 e. The molecular formula is C20H26N2O5S. The monoisotopic (exact) mass is 406 g/mol. The highest BCUT2D eigenvalue weighted by atomic mass is 32.2. The second-order valence-electron chi connectivity index (χ2n) is 7.53. The van der Waals surface area contributed by atoms with Gasteiger partial charge in [0, 0.05) is 12.2 Å². The topological polar surface area (TPSA) is 94.5 Å². The van der Waals surface area contributed by atoms with Crippen molar-refractivity contribution >= 4 is 21.7 Å². The normalized spacial score (nSPS) is 11.9. The maximum Gasteiger partial charge on any atom is 0.308 e. The molecule has 1 heterocycles. The summed E-state index contributed by atoms with van der Waals surface area (Å²) < 4.78 is 33.8. The lowest BCUT2D eigenvalue weighted by Crippen LogP contribution is -2.30. The zero-order chi connectivity index (χ0) is 20.9. The number of nitrogens with zero attached hydrogens (tertiary/aromatic N) is 1. The van der Waals surface area contributed by atoms with Crippen LogP contribution < -0.4 is 10.3 Å². The Labute approximate surface area is 165 Å². The molecule has 0 aliphatic rings. The molecule has 0 aliphatic heterocycles. The Morgan fingerprint density at radius 1 is 1.11 bits per heavy atom. The highest BCUT2D eigenvalue weighted by molar-refractivity contribution is 7.91. The number of hydrogen-bond acceptors (Lipinski definition) is 5. The maximum atomic E-state index is 12.7. The summed E-state index contributed by atoms with van der Waals surface area (Å²) in [7, 11) is -3.75. The number of esters is 1. The van der Waals surface area contributed by atoms with Gasteiger partial charge in [0.15, 0.2) is 0 Å². The molecule has 1 N–H and O–H groups in total. The smallest absolute Gasteiger partial charge is 0.308 e. The minimum absolute atomic E-state index is 0.0121. The number of rotatable bonds is 7. The van der Waals surface area contributed by atoms with Crippen molar-refractivity contribution in [2.24, 2.45) is 0 Å². The van der Waals surface area contributed by atoms with Crippen LogP contribution in [0.1, 0.15) is 38.4 Å². The molecule has 0 atom stereocenters. The number of ether oxygens (including phenoxy) is 1. The summed E-state index contributed by atoms with van der Waals surface area (Å²) in [5.74, 6) is -0.659. The summed E-state index contributed by atoms with van der Waals surface area (Å²) in [4.78, 5) is 24.6. The number of pyridine rings is 1. The van der Waals surface area contributed by atoms with E-state index in [1.54, 1.807) is 64.1 Å². The van der Waals surface area contributed by atoms with Crippen LogP contribution in [0, 0.1) is 6.92 Å². The fourth-order valence-electron chi connectivity index (χ4n) is 2.62. The van der Waals surface area contributed by atoms with Gasteiger partial charge in [-0.1, -0.05) is 30.3 Å². The number of anilines is 1. The summed E-state index contributed by atoms with van der Waals surface area (Å²) >= 11 is 0. The van der Waals surface area contributed by atoms with Gasteiger partial charge < -0.3 is 9.30 Å². The molecule has 1 aromatic heterocycles. The van der Waals surface area contributed by atoms with E-state index in [-0.39, 0.29) is 24.4 Å². The largest absolute Gasteiger partial charge is 0.460 e. The van der Waals surface area contributed by atoms with Gasteiger partial charge in [0.1, 0.15) is 11.3 Å². The number of aryl methyl sites for hydroxylation is 1. The number of carbonyl (C=O) groups is 1. The predicted molar refractivity (Wildman–Crippen MR) is 109 cm³/mol. The lowest BCUT2D eigenvalue weighted by molar-refractivity contribution is -0.155. The molecule has 0 spiro atoms. The van der Waals surface area contributed by atoms with Gasteiger partial charge in [-0.3, -0.25) is 14.3 Å². The first kappa shape index (κ1) is 21.7. The fraction of sp³-hybridized carbons (Fsp3) is 0.400. The van der Waals surface area contributed by atoms with Crippen LogP contribution in [-0.4, -0.2) is 24.6 Å². The van der Waals surface area contributed by atoms with E-state index in [4.69, 9.17) is 4.74 Å².